The normalized spacial score (nSPS) is 16.3. The molecule has 7 nitrogen and oxygen atoms in total. The Kier molecular flexibility index (Phi) is 6.65. The van der Waals surface area contributed by atoms with Crippen molar-refractivity contribution in [2.75, 3.05) is 25.7 Å². The molecule has 0 radical (unpaired) electrons. The quantitative estimate of drug-likeness (QED) is 0.582. The molecule has 2 aromatic carbocycles. The van der Waals surface area contributed by atoms with E-state index in [1.54, 1.807) is 11.8 Å². The van der Waals surface area contributed by atoms with Crippen LogP contribution in [0.2, 0.25) is 0 Å². The number of carbonyl (C=O) groups is 3. The summed E-state index contributed by atoms with van der Waals surface area (Å²) in [6.07, 6.45) is 2.47. The second-order valence-electron chi connectivity index (χ2n) is 8.54. The van der Waals surface area contributed by atoms with Crippen LogP contribution in [0.1, 0.15) is 36.3 Å². The van der Waals surface area contributed by atoms with Crippen molar-refractivity contribution < 1.29 is 24.2 Å². The van der Waals surface area contributed by atoms with Gasteiger partial charge in [-0.25, -0.2) is 9.59 Å². The summed E-state index contributed by atoms with van der Waals surface area (Å²) in [5.74, 6) is -0.845. The third-order valence-electron chi connectivity index (χ3n) is 6.64. The van der Waals surface area contributed by atoms with E-state index >= 15 is 0 Å². The largest absolute Gasteiger partial charge is 0.479 e. The molecule has 0 heterocycles. The lowest BCUT2D eigenvalue weighted by atomic mass is 9.98. The van der Waals surface area contributed by atoms with Crippen LogP contribution in [-0.4, -0.2) is 65.2 Å². The van der Waals surface area contributed by atoms with Crippen molar-refractivity contribution in [1.29, 1.82) is 0 Å². The zero-order chi connectivity index (χ0) is 23.6. The van der Waals surface area contributed by atoms with Gasteiger partial charge in [0.25, 0.3) is 0 Å². The van der Waals surface area contributed by atoms with E-state index in [9.17, 15) is 19.5 Å². The Labute approximate surface area is 197 Å². The zero-order valence-electron chi connectivity index (χ0n) is 18.7. The second-order valence-corrected chi connectivity index (χ2v) is 9.52. The predicted octanol–water partition coefficient (Wildman–Crippen LogP) is 3.72. The van der Waals surface area contributed by atoms with Gasteiger partial charge in [-0.05, 0) is 53.5 Å². The Balaban J connectivity index is 1.43. The summed E-state index contributed by atoms with van der Waals surface area (Å²) >= 11 is 1.55. The lowest BCUT2D eigenvalue weighted by Crippen LogP contribution is -2.53. The summed E-state index contributed by atoms with van der Waals surface area (Å²) in [6, 6.07) is 15.3. The first-order valence-electron chi connectivity index (χ1n) is 11.0. The molecule has 0 bridgehead atoms. The van der Waals surface area contributed by atoms with E-state index in [1.807, 2.05) is 42.7 Å². The number of carboxylic acids is 1. The van der Waals surface area contributed by atoms with Crippen molar-refractivity contribution in [3.8, 4) is 11.1 Å². The number of carbonyl (C=O) groups excluding carboxylic acids is 2. The second kappa shape index (κ2) is 9.47. The smallest absolute Gasteiger partial charge is 0.407 e. The first-order chi connectivity index (χ1) is 15.9. The number of aliphatic carboxylic acids is 1. The number of ether oxygens (including phenoxy) is 1. The number of thioether (sulfide) groups is 1. The van der Waals surface area contributed by atoms with Gasteiger partial charge in [0, 0.05) is 13.0 Å². The highest BCUT2D eigenvalue weighted by Gasteiger charge is 2.56. The standard InChI is InChI=1S/C25H28N2O5S/c1-27(25(12-13-25)23(29)30)22(28)21(11-14-33-2)26-24(31)32-15-20-18-9-5-3-7-16(18)17-8-4-6-10-19(17)20/h3-10,20-21H,11-15H2,1-2H3,(H,26,31)(H,29,30)/t21-/m0/s1. The van der Waals surface area contributed by atoms with Crippen LogP contribution in [0.15, 0.2) is 48.5 Å². The number of hydrogen-bond donors (Lipinski definition) is 2. The summed E-state index contributed by atoms with van der Waals surface area (Å²) in [5.41, 5.74) is 3.34. The van der Waals surface area contributed by atoms with Crippen molar-refractivity contribution in [1.82, 2.24) is 10.2 Å². The Morgan fingerprint density at radius 1 is 1.12 bits per heavy atom. The van der Waals surface area contributed by atoms with Gasteiger partial charge < -0.3 is 20.1 Å². The maximum atomic E-state index is 13.0. The van der Waals surface area contributed by atoms with Crippen molar-refractivity contribution >= 4 is 29.7 Å². The molecule has 33 heavy (non-hydrogen) atoms. The Hall–Kier alpha value is -3.00. The van der Waals surface area contributed by atoms with Crippen molar-refractivity contribution in [2.24, 2.45) is 0 Å². The number of fused-ring (bicyclic) bond motifs is 3. The van der Waals surface area contributed by atoms with Gasteiger partial charge in [0.15, 0.2) is 0 Å². The van der Waals surface area contributed by atoms with E-state index in [4.69, 9.17) is 4.74 Å². The van der Waals surface area contributed by atoms with Gasteiger partial charge in [0.2, 0.25) is 5.91 Å². The minimum absolute atomic E-state index is 0.0760. The fourth-order valence-electron chi connectivity index (χ4n) is 4.53. The summed E-state index contributed by atoms with van der Waals surface area (Å²) < 4.78 is 5.58. The molecule has 2 aliphatic rings. The van der Waals surface area contributed by atoms with Crippen LogP contribution in [0.4, 0.5) is 4.79 Å². The van der Waals surface area contributed by atoms with Crippen LogP contribution in [-0.2, 0) is 14.3 Å². The van der Waals surface area contributed by atoms with Gasteiger partial charge in [-0.15, -0.1) is 0 Å². The van der Waals surface area contributed by atoms with E-state index in [1.165, 1.54) is 11.9 Å². The highest BCUT2D eigenvalue weighted by Crippen LogP contribution is 2.44. The average Bonchev–Trinajstić information content (AvgIpc) is 3.58. The average molecular weight is 469 g/mol. The summed E-state index contributed by atoms with van der Waals surface area (Å²) in [5, 5.41) is 12.2. The van der Waals surface area contributed by atoms with Gasteiger partial charge in [0.1, 0.15) is 18.2 Å². The molecule has 2 aromatic rings. The van der Waals surface area contributed by atoms with Crippen LogP contribution in [0.25, 0.3) is 11.1 Å². The van der Waals surface area contributed by atoms with Gasteiger partial charge >= 0.3 is 12.1 Å². The summed E-state index contributed by atoms with van der Waals surface area (Å²) in [4.78, 5) is 38.6. The number of likely N-dealkylation sites (N-methyl/N-ethyl adjacent to an activating group) is 1. The van der Waals surface area contributed by atoms with Crippen molar-refractivity contribution in [3.63, 3.8) is 0 Å². The topological polar surface area (TPSA) is 95.9 Å². The van der Waals surface area contributed by atoms with E-state index in [0.717, 1.165) is 22.3 Å². The molecule has 4 rings (SSSR count). The number of alkyl carbamates (subject to hydrolysis) is 1. The van der Waals surface area contributed by atoms with Crippen molar-refractivity contribution in [3.05, 3.63) is 59.7 Å². The van der Waals surface area contributed by atoms with Crippen LogP contribution < -0.4 is 5.32 Å². The van der Waals surface area contributed by atoms with Gasteiger partial charge in [0.05, 0.1) is 0 Å². The van der Waals surface area contributed by atoms with Gasteiger partial charge in [-0.1, -0.05) is 48.5 Å². The summed E-state index contributed by atoms with van der Waals surface area (Å²) in [6.45, 7) is 0.151. The molecule has 2 amide bonds. The third-order valence-corrected chi connectivity index (χ3v) is 7.28. The van der Waals surface area contributed by atoms with E-state index in [-0.39, 0.29) is 12.5 Å². The fraction of sp³-hybridized carbons (Fsp3) is 0.400. The molecule has 0 unspecified atom stereocenters. The molecule has 2 aliphatic carbocycles. The molecular weight excluding hydrogens is 440 g/mol. The Morgan fingerprint density at radius 3 is 2.21 bits per heavy atom. The lowest BCUT2D eigenvalue weighted by Gasteiger charge is -2.29. The Bertz CT molecular complexity index is 1020. The minimum Gasteiger partial charge on any atom is -0.479 e. The predicted molar refractivity (Wildman–Crippen MR) is 127 cm³/mol. The monoisotopic (exact) mass is 468 g/mol. The van der Waals surface area contributed by atoms with Gasteiger partial charge in [-0.2, -0.15) is 11.8 Å². The first kappa shape index (κ1) is 23.2. The van der Waals surface area contributed by atoms with Gasteiger partial charge in [-0.3, -0.25) is 4.79 Å². The molecule has 1 saturated carbocycles. The van der Waals surface area contributed by atoms with Crippen LogP contribution >= 0.6 is 11.8 Å². The lowest BCUT2D eigenvalue weighted by molar-refractivity contribution is -0.151. The molecule has 1 fully saturated rings. The number of hydrogen-bond acceptors (Lipinski definition) is 5. The van der Waals surface area contributed by atoms with Crippen LogP contribution in [0, 0.1) is 0 Å². The summed E-state index contributed by atoms with van der Waals surface area (Å²) in [7, 11) is 1.49. The number of amides is 2. The highest BCUT2D eigenvalue weighted by molar-refractivity contribution is 7.98. The Morgan fingerprint density at radius 2 is 1.70 bits per heavy atom. The highest BCUT2D eigenvalue weighted by atomic mass is 32.2. The molecule has 0 aliphatic heterocycles. The van der Waals surface area contributed by atoms with Crippen molar-refractivity contribution in [2.45, 2.75) is 36.8 Å². The zero-order valence-corrected chi connectivity index (χ0v) is 19.6. The molecule has 2 N–H and O–H groups in total. The van der Waals surface area contributed by atoms with Crippen LogP contribution in [0.5, 0.6) is 0 Å². The molecule has 0 aromatic heterocycles. The molecular formula is C25H28N2O5S. The first-order valence-corrected chi connectivity index (χ1v) is 12.4. The molecule has 174 valence electrons. The SMILES string of the molecule is CSCC[C@H](NC(=O)OCC1c2ccccc2-c2ccccc21)C(=O)N(C)C1(C(=O)O)CC1. The molecule has 8 heteroatoms. The number of nitrogens with one attached hydrogen (secondary N) is 1. The van der Waals surface area contributed by atoms with E-state index in [2.05, 4.69) is 17.4 Å². The molecule has 0 spiro atoms. The minimum atomic E-state index is -1.16. The molecule has 1 atom stereocenters. The number of nitrogens with zero attached hydrogens (tertiary/aromatic N) is 1. The maximum Gasteiger partial charge on any atom is 0.407 e. The van der Waals surface area contributed by atoms with E-state index in [0.29, 0.717) is 25.0 Å². The van der Waals surface area contributed by atoms with Crippen LogP contribution in [0.3, 0.4) is 0 Å². The maximum absolute atomic E-state index is 13.0. The third kappa shape index (κ3) is 4.44. The number of benzene rings is 2. The van der Waals surface area contributed by atoms with E-state index < -0.39 is 29.6 Å². The molecule has 0 saturated heterocycles. The fourth-order valence-corrected chi connectivity index (χ4v) is 5.00. The number of rotatable bonds is 9. The number of carboxylic acid groups (broad SMARTS) is 1.